The van der Waals surface area contributed by atoms with Crippen LogP contribution in [0.15, 0.2) is 24.5 Å². The lowest BCUT2D eigenvalue weighted by atomic mass is 9.79. The topological polar surface area (TPSA) is 74.8 Å². The van der Waals surface area contributed by atoms with Crippen LogP contribution < -0.4 is 5.32 Å². The van der Waals surface area contributed by atoms with Gasteiger partial charge in [-0.25, -0.2) is 0 Å². The van der Waals surface area contributed by atoms with Gasteiger partial charge in [0.25, 0.3) is 0 Å². The number of rotatable bonds is 6. The van der Waals surface area contributed by atoms with Gasteiger partial charge in [-0.15, -0.1) is 0 Å². The third-order valence-corrected chi connectivity index (χ3v) is 5.36. The molecule has 1 N–H and O–H groups in total. The van der Waals surface area contributed by atoms with Gasteiger partial charge in [0.05, 0.1) is 5.41 Å². The van der Waals surface area contributed by atoms with E-state index in [1.54, 1.807) is 17.3 Å². The van der Waals surface area contributed by atoms with E-state index >= 15 is 0 Å². The molecule has 3 rings (SSSR count). The summed E-state index contributed by atoms with van der Waals surface area (Å²) in [6, 6.07) is 3.86. The Hall–Kier alpha value is -1.99. The molecule has 2 amide bonds. The summed E-state index contributed by atoms with van der Waals surface area (Å²) in [5.74, 6) is 0.253. The van der Waals surface area contributed by atoms with E-state index < -0.39 is 5.41 Å². The Morgan fingerprint density at radius 3 is 2.88 bits per heavy atom. The average molecular weight is 346 g/mol. The number of nitrogens with one attached hydrogen (secondary N) is 1. The van der Waals surface area contributed by atoms with Gasteiger partial charge in [0.15, 0.2) is 0 Å². The summed E-state index contributed by atoms with van der Waals surface area (Å²) >= 11 is 0. The highest BCUT2D eigenvalue weighted by Gasteiger charge is 2.56. The number of pyridine rings is 1. The molecule has 2 aliphatic rings. The van der Waals surface area contributed by atoms with Crippen LogP contribution in [0.25, 0.3) is 0 Å². The summed E-state index contributed by atoms with van der Waals surface area (Å²) in [4.78, 5) is 33.3. The molecule has 1 aromatic rings. The van der Waals surface area contributed by atoms with Gasteiger partial charge in [0.1, 0.15) is 6.61 Å². The van der Waals surface area contributed by atoms with E-state index in [0.717, 1.165) is 12.1 Å². The number of hydrogen-bond donors (Lipinski definition) is 1. The highest BCUT2D eigenvalue weighted by Crippen LogP contribution is 2.41. The maximum absolute atomic E-state index is 13.4. The predicted molar refractivity (Wildman–Crippen MR) is 92.6 cm³/mol. The van der Waals surface area contributed by atoms with Crippen LogP contribution >= 0.6 is 0 Å². The number of fused-ring (bicyclic) bond motifs is 1. The molecule has 2 atom stereocenters. The number of methoxy groups -OCH3 is 1. The molecule has 136 valence electrons. The highest BCUT2D eigenvalue weighted by atomic mass is 16.5. The van der Waals surface area contributed by atoms with Crippen LogP contribution in [0.4, 0.5) is 0 Å². The molecule has 0 radical (unpaired) electrons. The Labute approximate surface area is 148 Å². The Balaban J connectivity index is 1.77. The molecule has 1 aromatic heterocycles. The van der Waals surface area contributed by atoms with E-state index in [-0.39, 0.29) is 24.3 Å². The van der Waals surface area contributed by atoms with Crippen molar-refractivity contribution in [2.75, 3.05) is 46.4 Å². The minimum Gasteiger partial charge on any atom is -0.375 e. The van der Waals surface area contributed by atoms with Gasteiger partial charge in [-0.2, -0.15) is 0 Å². The summed E-state index contributed by atoms with van der Waals surface area (Å²) in [5, 5.41) is 3.35. The van der Waals surface area contributed by atoms with Crippen molar-refractivity contribution in [3.63, 3.8) is 0 Å². The molecule has 3 heterocycles. The first-order chi connectivity index (χ1) is 12.1. The molecule has 0 bridgehead atoms. The lowest BCUT2D eigenvalue weighted by molar-refractivity contribution is -0.143. The fraction of sp³-hybridized carbons (Fsp3) is 0.611. The number of hydrogen-bond acceptors (Lipinski definition) is 5. The molecular weight excluding hydrogens is 320 g/mol. The zero-order valence-electron chi connectivity index (χ0n) is 14.9. The molecule has 2 saturated heterocycles. The standard InChI is InChI=1S/C18H26N4O3/c1-3-21(9-14-4-6-19-7-5-14)17(24)18-12-20-8-15(18)10-22(13-18)16(23)11-25-2/h4-7,15,20H,3,8-13H2,1-2H3/t15-,18-/m1/s1. The first kappa shape index (κ1) is 17.8. The van der Waals surface area contributed by atoms with E-state index in [1.165, 1.54) is 7.11 Å². The van der Waals surface area contributed by atoms with E-state index in [2.05, 4.69) is 10.3 Å². The Morgan fingerprint density at radius 2 is 2.20 bits per heavy atom. The SMILES string of the molecule is CCN(Cc1ccncc1)C(=O)[C@@]12CNC[C@@H]1CN(C(=O)COC)C2. The molecular formula is C18H26N4O3. The van der Waals surface area contributed by atoms with E-state index in [0.29, 0.717) is 32.7 Å². The van der Waals surface area contributed by atoms with Gasteiger partial charge in [-0.3, -0.25) is 14.6 Å². The predicted octanol–water partition coefficient (Wildman–Crippen LogP) is 0.125. The Kier molecular flexibility index (Phi) is 5.34. The highest BCUT2D eigenvalue weighted by molar-refractivity contribution is 5.87. The van der Waals surface area contributed by atoms with Crippen molar-refractivity contribution in [3.05, 3.63) is 30.1 Å². The lowest BCUT2D eigenvalue weighted by Gasteiger charge is -2.33. The van der Waals surface area contributed by atoms with Gasteiger partial charge in [-0.05, 0) is 24.6 Å². The van der Waals surface area contributed by atoms with Crippen LogP contribution in [0.5, 0.6) is 0 Å². The van der Waals surface area contributed by atoms with Crippen molar-refractivity contribution in [3.8, 4) is 0 Å². The van der Waals surface area contributed by atoms with E-state index in [4.69, 9.17) is 4.74 Å². The van der Waals surface area contributed by atoms with Crippen LogP contribution in [0.1, 0.15) is 12.5 Å². The van der Waals surface area contributed by atoms with Crippen LogP contribution in [-0.2, 0) is 20.9 Å². The summed E-state index contributed by atoms with van der Waals surface area (Å²) in [7, 11) is 1.52. The molecule has 0 unspecified atom stereocenters. The number of carbonyl (C=O) groups is 2. The van der Waals surface area contributed by atoms with Gasteiger partial charge in [-0.1, -0.05) is 0 Å². The molecule has 7 nitrogen and oxygen atoms in total. The number of carbonyl (C=O) groups excluding carboxylic acids is 2. The molecule has 0 saturated carbocycles. The van der Waals surface area contributed by atoms with Gasteiger partial charge in [0.2, 0.25) is 11.8 Å². The van der Waals surface area contributed by atoms with Gasteiger partial charge in [0, 0.05) is 64.7 Å². The minimum absolute atomic E-state index is 0.0405. The molecule has 0 spiro atoms. The maximum Gasteiger partial charge on any atom is 0.248 e. The van der Waals surface area contributed by atoms with Crippen molar-refractivity contribution >= 4 is 11.8 Å². The largest absolute Gasteiger partial charge is 0.375 e. The average Bonchev–Trinajstić information content (AvgIpc) is 3.18. The fourth-order valence-electron chi connectivity index (χ4n) is 3.98. The number of likely N-dealkylation sites (tertiary alicyclic amines) is 1. The van der Waals surface area contributed by atoms with E-state index in [1.807, 2.05) is 24.0 Å². The molecule has 2 aliphatic heterocycles. The van der Waals surface area contributed by atoms with Crippen molar-refractivity contribution < 1.29 is 14.3 Å². The number of aromatic nitrogens is 1. The second-order valence-electron chi connectivity index (χ2n) is 6.87. The zero-order valence-corrected chi connectivity index (χ0v) is 14.9. The number of amides is 2. The minimum atomic E-state index is -0.521. The van der Waals surface area contributed by atoms with Crippen molar-refractivity contribution in [1.82, 2.24) is 20.1 Å². The summed E-state index contributed by atoms with van der Waals surface area (Å²) < 4.78 is 4.97. The fourth-order valence-corrected chi connectivity index (χ4v) is 3.98. The number of nitrogens with zero attached hydrogens (tertiary/aromatic N) is 3. The summed E-state index contributed by atoms with van der Waals surface area (Å²) in [6.45, 7) is 5.76. The lowest BCUT2D eigenvalue weighted by Crippen LogP contribution is -2.49. The van der Waals surface area contributed by atoms with Crippen molar-refractivity contribution in [1.29, 1.82) is 0 Å². The Morgan fingerprint density at radius 1 is 1.44 bits per heavy atom. The maximum atomic E-state index is 13.4. The van der Waals surface area contributed by atoms with Crippen LogP contribution in [0.2, 0.25) is 0 Å². The quantitative estimate of drug-likeness (QED) is 0.792. The molecule has 2 fully saturated rings. The molecule has 7 heteroatoms. The second kappa shape index (κ2) is 7.49. The third-order valence-electron chi connectivity index (χ3n) is 5.36. The van der Waals surface area contributed by atoms with Crippen molar-refractivity contribution in [2.24, 2.45) is 11.3 Å². The van der Waals surface area contributed by atoms with Gasteiger partial charge < -0.3 is 19.9 Å². The molecule has 25 heavy (non-hydrogen) atoms. The normalized spacial score (nSPS) is 25.0. The first-order valence-electron chi connectivity index (χ1n) is 8.76. The molecule has 0 aliphatic carbocycles. The second-order valence-corrected chi connectivity index (χ2v) is 6.87. The summed E-state index contributed by atoms with van der Waals surface area (Å²) in [6.07, 6.45) is 3.49. The summed E-state index contributed by atoms with van der Waals surface area (Å²) in [5.41, 5.74) is 0.543. The number of ether oxygens (including phenoxy) is 1. The van der Waals surface area contributed by atoms with Gasteiger partial charge >= 0.3 is 0 Å². The monoisotopic (exact) mass is 346 g/mol. The zero-order chi connectivity index (χ0) is 17.9. The van der Waals surface area contributed by atoms with Crippen LogP contribution in [0.3, 0.4) is 0 Å². The smallest absolute Gasteiger partial charge is 0.248 e. The van der Waals surface area contributed by atoms with Crippen LogP contribution in [-0.4, -0.2) is 73.0 Å². The van der Waals surface area contributed by atoms with E-state index in [9.17, 15) is 9.59 Å². The van der Waals surface area contributed by atoms with Crippen molar-refractivity contribution in [2.45, 2.75) is 13.5 Å². The van der Waals surface area contributed by atoms with Crippen LogP contribution in [0, 0.1) is 11.3 Å². The molecule has 0 aromatic carbocycles. The first-order valence-corrected chi connectivity index (χ1v) is 8.76. The third kappa shape index (κ3) is 3.39. The Bertz CT molecular complexity index is 624.